The van der Waals surface area contributed by atoms with Gasteiger partial charge in [0.1, 0.15) is 6.54 Å². The van der Waals surface area contributed by atoms with Crippen molar-refractivity contribution in [1.82, 2.24) is 0 Å². The van der Waals surface area contributed by atoms with E-state index in [1.165, 1.54) is 70.9 Å². The first-order chi connectivity index (χ1) is 8.68. The highest BCUT2D eigenvalue weighted by Crippen LogP contribution is 2.12. The Morgan fingerprint density at radius 2 is 1.11 bits per heavy atom. The molecular formula is C16H36NO+. The van der Waals surface area contributed by atoms with E-state index in [9.17, 15) is 5.11 Å². The molecule has 0 aromatic rings. The number of hydrogen-bond donors (Lipinski definition) is 1. The predicted octanol–water partition coefficient (Wildman–Crippen LogP) is 3.98. The Morgan fingerprint density at radius 1 is 0.667 bits per heavy atom. The topological polar surface area (TPSA) is 20.2 Å². The number of rotatable bonds is 13. The molecule has 0 radical (unpaired) electrons. The Bertz CT molecular complexity index is 172. The Morgan fingerprint density at radius 3 is 1.56 bits per heavy atom. The van der Waals surface area contributed by atoms with Crippen LogP contribution in [0.3, 0.4) is 0 Å². The SMILES string of the molecule is CCCCCCC[N+](C)(CCO)CCCCCC. The van der Waals surface area contributed by atoms with Crippen LogP contribution in [0.1, 0.15) is 71.6 Å². The molecule has 0 heterocycles. The van der Waals surface area contributed by atoms with E-state index < -0.39 is 0 Å². The first-order valence-electron chi connectivity index (χ1n) is 8.13. The van der Waals surface area contributed by atoms with E-state index in [2.05, 4.69) is 20.9 Å². The molecule has 0 fully saturated rings. The largest absolute Gasteiger partial charge is 0.391 e. The summed E-state index contributed by atoms with van der Waals surface area (Å²) in [6, 6.07) is 0. The van der Waals surface area contributed by atoms with Crippen LogP contribution in [-0.2, 0) is 0 Å². The van der Waals surface area contributed by atoms with Crippen molar-refractivity contribution in [3.63, 3.8) is 0 Å². The van der Waals surface area contributed by atoms with Gasteiger partial charge in [-0.15, -0.1) is 0 Å². The number of hydrogen-bond acceptors (Lipinski definition) is 1. The fraction of sp³-hybridized carbons (Fsp3) is 1.00. The van der Waals surface area contributed by atoms with Crippen molar-refractivity contribution in [3.05, 3.63) is 0 Å². The quantitative estimate of drug-likeness (QED) is 0.391. The van der Waals surface area contributed by atoms with Crippen LogP contribution in [0.4, 0.5) is 0 Å². The first kappa shape index (κ1) is 17.9. The normalized spacial score (nSPS) is 14.7. The van der Waals surface area contributed by atoms with E-state index >= 15 is 0 Å². The summed E-state index contributed by atoms with van der Waals surface area (Å²) in [5.74, 6) is 0. The molecule has 1 atom stereocenters. The molecule has 0 aliphatic heterocycles. The van der Waals surface area contributed by atoms with Crippen LogP contribution in [0.25, 0.3) is 0 Å². The Labute approximate surface area is 115 Å². The molecule has 0 spiro atoms. The maximum Gasteiger partial charge on any atom is 0.102 e. The van der Waals surface area contributed by atoms with Gasteiger partial charge in [0.25, 0.3) is 0 Å². The van der Waals surface area contributed by atoms with Crippen LogP contribution in [0.5, 0.6) is 0 Å². The minimum Gasteiger partial charge on any atom is -0.391 e. The summed E-state index contributed by atoms with van der Waals surface area (Å²) in [7, 11) is 2.32. The minimum absolute atomic E-state index is 0.333. The summed E-state index contributed by atoms with van der Waals surface area (Å²) >= 11 is 0. The van der Waals surface area contributed by atoms with Crippen LogP contribution in [0, 0.1) is 0 Å². The van der Waals surface area contributed by atoms with E-state index in [-0.39, 0.29) is 0 Å². The van der Waals surface area contributed by atoms with E-state index in [0.717, 1.165) is 11.0 Å². The Hall–Kier alpha value is -0.0800. The lowest BCUT2D eigenvalue weighted by atomic mass is 10.1. The third kappa shape index (κ3) is 9.90. The first-order valence-corrected chi connectivity index (χ1v) is 8.13. The summed E-state index contributed by atoms with van der Waals surface area (Å²) in [6.45, 7) is 8.28. The van der Waals surface area contributed by atoms with E-state index in [1.54, 1.807) is 0 Å². The average molecular weight is 258 g/mol. The van der Waals surface area contributed by atoms with Gasteiger partial charge in [-0.25, -0.2) is 0 Å². The monoisotopic (exact) mass is 258 g/mol. The van der Waals surface area contributed by atoms with Crippen LogP contribution in [0.2, 0.25) is 0 Å². The van der Waals surface area contributed by atoms with Crippen LogP contribution in [0.15, 0.2) is 0 Å². The smallest absolute Gasteiger partial charge is 0.102 e. The summed E-state index contributed by atoms with van der Waals surface area (Å²) < 4.78 is 1.08. The zero-order chi connectivity index (χ0) is 13.7. The van der Waals surface area contributed by atoms with Crippen molar-refractivity contribution in [1.29, 1.82) is 0 Å². The van der Waals surface area contributed by atoms with Crippen LogP contribution < -0.4 is 0 Å². The predicted molar refractivity (Wildman–Crippen MR) is 80.8 cm³/mol. The molecule has 0 amide bonds. The molecule has 2 nitrogen and oxygen atoms in total. The summed E-state index contributed by atoms with van der Waals surface area (Å²) in [5, 5.41) is 9.23. The van der Waals surface area contributed by atoms with Crippen molar-refractivity contribution in [2.24, 2.45) is 0 Å². The van der Waals surface area contributed by atoms with E-state index in [0.29, 0.717) is 6.61 Å². The third-order valence-corrected chi connectivity index (χ3v) is 3.99. The number of likely N-dealkylation sites (N-methyl/N-ethyl adjacent to an activating group) is 1. The van der Waals surface area contributed by atoms with Gasteiger partial charge in [0.05, 0.1) is 26.7 Å². The van der Waals surface area contributed by atoms with Crippen molar-refractivity contribution < 1.29 is 9.59 Å². The highest BCUT2D eigenvalue weighted by Gasteiger charge is 2.19. The van der Waals surface area contributed by atoms with E-state index in [4.69, 9.17) is 0 Å². The Kier molecular flexibility index (Phi) is 11.9. The summed E-state index contributed by atoms with van der Waals surface area (Å²) in [5.41, 5.74) is 0. The highest BCUT2D eigenvalue weighted by atomic mass is 16.3. The molecule has 0 bridgehead atoms. The molecule has 2 heteroatoms. The maximum absolute atomic E-state index is 9.23. The standard InChI is InChI=1S/C16H36NO/c1-4-6-8-10-12-14-17(3,15-16-18)13-11-9-7-5-2/h18H,4-16H2,1-3H3/q+1. The Balaban J connectivity index is 3.78. The van der Waals surface area contributed by atoms with Gasteiger partial charge >= 0.3 is 0 Å². The number of quaternary nitrogens is 1. The molecule has 1 N–H and O–H groups in total. The van der Waals surface area contributed by atoms with Crippen molar-refractivity contribution >= 4 is 0 Å². The second-order valence-electron chi connectivity index (χ2n) is 5.99. The second kappa shape index (κ2) is 12.0. The van der Waals surface area contributed by atoms with Crippen LogP contribution in [-0.4, -0.2) is 42.9 Å². The number of unbranched alkanes of at least 4 members (excludes halogenated alkanes) is 7. The molecule has 0 aliphatic carbocycles. The number of aliphatic hydroxyl groups is 1. The van der Waals surface area contributed by atoms with Gasteiger partial charge in [0, 0.05) is 0 Å². The molecule has 18 heavy (non-hydrogen) atoms. The molecule has 0 aromatic carbocycles. The van der Waals surface area contributed by atoms with Gasteiger partial charge in [-0.2, -0.15) is 0 Å². The van der Waals surface area contributed by atoms with Crippen LogP contribution >= 0.6 is 0 Å². The van der Waals surface area contributed by atoms with Gasteiger partial charge < -0.3 is 9.59 Å². The summed E-state index contributed by atoms with van der Waals surface area (Å²) in [6.07, 6.45) is 12.1. The molecule has 0 saturated carbocycles. The lowest BCUT2D eigenvalue weighted by molar-refractivity contribution is -0.910. The molecule has 1 unspecified atom stereocenters. The average Bonchev–Trinajstić information content (AvgIpc) is 2.35. The fourth-order valence-corrected chi connectivity index (χ4v) is 2.59. The van der Waals surface area contributed by atoms with Crippen molar-refractivity contribution in [2.75, 3.05) is 33.3 Å². The molecular weight excluding hydrogens is 222 g/mol. The molecule has 0 aliphatic rings. The van der Waals surface area contributed by atoms with E-state index in [1.807, 2.05) is 0 Å². The van der Waals surface area contributed by atoms with Gasteiger partial charge in [-0.05, 0) is 25.7 Å². The fourth-order valence-electron chi connectivity index (χ4n) is 2.59. The maximum atomic E-state index is 9.23. The second-order valence-corrected chi connectivity index (χ2v) is 5.99. The van der Waals surface area contributed by atoms with Gasteiger partial charge in [0.15, 0.2) is 0 Å². The lowest BCUT2D eigenvalue weighted by Crippen LogP contribution is -2.47. The minimum atomic E-state index is 0.333. The molecule has 110 valence electrons. The summed E-state index contributed by atoms with van der Waals surface area (Å²) in [4.78, 5) is 0. The lowest BCUT2D eigenvalue weighted by Gasteiger charge is -2.34. The van der Waals surface area contributed by atoms with Crippen molar-refractivity contribution in [2.45, 2.75) is 71.6 Å². The van der Waals surface area contributed by atoms with Gasteiger partial charge in [0.2, 0.25) is 0 Å². The molecule has 0 saturated heterocycles. The third-order valence-electron chi connectivity index (χ3n) is 3.99. The number of nitrogens with zero attached hydrogens (tertiary/aromatic N) is 1. The molecule has 0 rings (SSSR count). The zero-order valence-electron chi connectivity index (χ0n) is 13.1. The van der Waals surface area contributed by atoms with Crippen molar-refractivity contribution in [3.8, 4) is 0 Å². The van der Waals surface area contributed by atoms with Gasteiger partial charge in [-0.3, -0.25) is 0 Å². The zero-order valence-corrected chi connectivity index (χ0v) is 13.1. The van der Waals surface area contributed by atoms with Gasteiger partial charge in [-0.1, -0.05) is 46.0 Å². The number of aliphatic hydroxyl groups excluding tert-OH is 1. The highest BCUT2D eigenvalue weighted by molar-refractivity contribution is 4.47. The molecule has 0 aromatic heterocycles.